The maximum absolute atomic E-state index is 5.41. The summed E-state index contributed by atoms with van der Waals surface area (Å²) in [7, 11) is 1.70. The summed E-state index contributed by atoms with van der Waals surface area (Å²) in [4.78, 5) is 0. The van der Waals surface area contributed by atoms with E-state index < -0.39 is 0 Å². The average molecular weight is 265 g/mol. The zero-order chi connectivity index (χ0) is 13.9. The van der Waals surface area contributed by atoms with Crippen LogP contribution in [0.1, 0.15) is 44.7 Å². The monoisotopic (exact) mass is 265 g/mol. The van der Waals surface area contributed by atoms with Gasteiger partial charge in [-0.2, -0.15) is 0 Å². The highest BCUT2D eigenvalue weighted by Gasteiger charge is 2.10. The van der Waals surface area contributed by atoms with E-state index in [-0.39, 0.29) is 0 Å². The van der Waals surface area contributed by atoms with Gasteiger partial charge in [-0.3, -0.25) is 0 Å². The molecule has 1 aromatic carbocycles. The van der Waals surface area contributed by atoms with E-state index in [0.717, 1.165) is 44.8 Å². The van der Waals surface area contributed by atoms with Crippen LogP contribution in [0.15, 0.2) is 24.3 Å². The first-order chi connectivity index (χ1) is 9.31. The van der Waals surface area contributed by atoms with Crippen molar-refractivity contribution in [1.29, 1.82) is 0 Å². The molecule has 0 spiro atoms. The second-order valence-corrected chi connectivity index (χ2v) is 4.62. The Morgan fingerprint density at radius 3 is 2.47 bits per heavy atom. The van der Waals surface area contributed by atoms with Crippen LogP contribution in [0.25, 0.3) is 0 Å². The van der Waals surface area contributed by atoms with Gasteiger partial charge in [0.25, 0.3) is 0 Å². The van der Waals surface area contributed by atoms with Gasteiger partial charge in [0.15, 0.2) is 0 Å². The molecule has 1 rings (SSSR count). The van der Waals surface area contributed by atoms with Gasteiger partial charge in [-0.1, -0.05) is 19.1 Å². The predicted molar refractivity (Wildman–Crippen MR) is 79.8 cm³/mol. The molecule has 3 heteroatoms. The Morgan fingerprint density at radius 1 is 1.16 bits per heavy atom. The fraction of sp³-hybridized carbons (Fsp3) is 0.625. The van der Waals surface area contributed by atoms with Crippen LogP contribution in [0, 0.1) is 0 Å². The topological polar surface area (TPSA) is 30.5 Å². The highest BCUT2D eigenvalue weighted by atomic mass is 16.5. The van der Waals surface area contributed by atoms with Crippen molar-refractivity contribution in [2.75, 3.05) is 26.9 Å². The number of benzene rings is 1. The zero-order valence-corrected chi connectivity index (χ0v) is 12.4. The average Bonchev–Trinajstić information content (AvgIpc) is 2.47. The normalized spacial score (nSPS) is 12.4. The summed E-state index contributed by atoms with van der Waals surface area (Å²) >= 11 is 0. The van der Waals surface area contributed by atoms with E-state index in [1.54, 1.807) is 7.11 Å². The molecule has 0 aromatic heterocycles. The Kier molecular flexibility index (Phi) is 8.26. The van der Waals surface area contributed by atoms with Crippen molar-refractivity contribution in [2.24, 2.45) is 0 Å². The predicted octanol–water partition coefficient (Wildman–Crippen LogP) is 3.55. The summed E-state index contributed by atoms with van der Waals surface area (Å²) < 4.78 is 10.6. The molecule has 108 valence electrons. The van der Waals surface area contributed by atoms with Crippen LogP contribution in [-0.2, 0) is 4.74 Å². The smallest absolute Gasteiger partial charge is 0.118 e. The summed E-state index contributed by atoms with van der Waals surface area (Å²) in [6.45, 7) is 6.92. The summed E-state index contributed by atoms with van der Waals surface area (Å²) in [6.07, 6.45) is 3.34. The minimum atomic E-state index is 0.409. The lowest BCUT2D eigenvalue weighted by Crippen LogP contribution is -2.22. The van der Waals surface area contributed by atoms with Gasteiger partial charge in [0.2, 0.25) is 0 Å². The second-order valence-electron chi connectivity index (χ2n) is 4.62. The number of nitrogens with one attached hydrogen (secondary N) is 1. The third-order valence-electron chi connectivity index (χ3n) is 3.14. The molecular weight excluding hydrogens is 238 g/mol. The van der Waals surface area contributed by atoms with Crippen molar-refractivity contribution in [2.45, 2.75) is 39.2 Å². The Bertz CT molecular complexity index is 324. The summed E-state index contributed by atoms with van der Waals surface area (Å²) in [6, 6.07) is 8.75. The molecule has 0 saturated heterocycles. The molecule has 3 nitrogen and oxygen atoms in total. The van der Waals surface area contributed by atoms with Gasteiger partial charge in [0, 0.05) is 19.3 Å². The van der Waals surface area contributed by atoms with Crippen LogP contribution in [0.4, 0.5) is 0 Å². The first-order valence-corrected chi connectivity index (χ1v) is 7.26. The van der Waals surface area contributed by atoms with Gasteiger partial charge in [-0.05, 0) is 50.4 Å². The quantitative estimate of drug-likeness (QED) is 0.656. The minimum Gasteiger partial charge on any atom is -0.497 e. The largest absolute Gasteiger partial charge is 0.497 e. The standard InChI is InChI=1S/C16H27NO2/c1-4-12-17-16(7-6-13-19-5-2)14-8-10-15(18-3)11-9-14/h8-11,16-17H,4-7,12-13H2,1-3H3. The minimum absolute atomic E-state index is 0.409. The van der Waals surface area contributed by atoms with Gasteiger partial charge >= 0.3 is 0 Å². The SMILES string of the molecule is CCCNC(CCCOCC)c1ccc(OC)cc1. The molecule has 0 bridgehead atoms. The van der Waals surface area contributed by atoms with Crippen LogP contribution in [0.5, 0.6) is 5.75 Å². The van der Waals surface area contributed by atoms with E-state index in [1.165, 1.54) is 5.56 Å². The van der Waals surface area contributed by atoms with E-state index in [2.05, 4.69) is 24.4 Å². The number of hydrogen-bond donors (Lipinski definition) is 1. The van der Waals surface area contributed by atoms with E-state index >= 15 is 0 Å². The maximum atomic E-state index is 5.41. The first kappa shape index (κ1) is 16.0. The molecule has 0 fully saturated rings. The third-order valence-corrected chi connectivity index (χ3v) is 3.14. The number of rotatable bonds is 10. The van der Waals surface area contributed by atoms with Crippen molar-refractivity contribution in [3.8, 4) is 5.75 Å². The van der Waals surface area contributed by atoms with E-state index in [1.807, 2.05) is 19.1 Å². The molecule has 0 aliphatic rings. The summed E-state index contributed by atoms with van der Waals surface area (Å²) in [5.74, 6) is 0.910. The molecule has 19 heavy (non-hydrogen) atoms. The second kappa shape index (κ2) is 9.82. The Labute approximate surface area is 117 Å². The maximum Gasteiger partial charge on any atom is 0.118 e. The lowest BCUT2D eigenvalue weighted by atomic mass is 10.0. The van der Waals surface area contributed by atoms with Crippen LogP contribution < -0.4 is 10.1 Å². The van der Waals surface area contributed by atoms with Crippen molar-refractivity contribution in [1.82, 2.24) is 5.32 Å². The molecule has 0 aliphatic carbocycles. The van der Waals surface area contributed by atoms with Crippen LogP contribution >= 0.6 is 0 Å². The van der Waals surface area contributed by atoms with Crippen LogP contribution in [0.2, 0.25) is 0 Å². The lowest BCUT2D eigenvalue weighted by Gasteiger charge is -2.19. The van der Waals surface area contributed by atoms with Crippen molar-refractivity contribution < 1.29 is 9.47 Å². The fourth-order valence-electron chi connectivity index (χ4n) is 2.08. The molecular formula is C16H27NO2. The highest BCUT2D eigenvalue weighted by Crippen LogP contribution is 2.21. The van der Waals surface area contributed by atoms with E-state index in [4.69, 9.17) is 9.47 Å². The Morgan fingerprint density at radius 2 is 1.89 bits per heavy atom. The van der Waals surface area contributed by atoms with Crippen molar-refractivity contribution >= 4 is 0 Å². The van der Waals surface area contributed by atoms with Crippen molar-refractivity contribution in [3.05, 3.63) is 29.8 Å². The van der Waals surface area contributed by atoms with Crippen LogP contribution in [-0.4, -0.2) is 26.9 Å². The Hall–Kier alpha value is -1.06. The Balaban J connectivity index is 2.55. The number of hydrogen-bond acceptors (Lipinski definition) is 3. The first-order valence-electron chi connectivity index (χ1n) is 7.26. The summed E-state index contributed by atoms with van der Waals surface area (Å²) in [5, 5.41) is 3.60. The van der Waals surface area contributed by atoms with Gasteiger partial charge in [-0.15, -0.1) is 0 Å². The molecule has 0 radical (unpaired) electrons. The van der Waals surface area contributed by atoms with Gasteiger partial charge in [0.1, 0.15) is 5.75 Å². The van der Waals surface area contributed by atoms with Crippen molar-refractivity contribution in [3.63, 3.8) is 0 Å². The summed E-state index contributed by atoms with van der Waals surface area (Å²) in [5.41, 5.74) is 1.32. The highest BCUT2D eigenvalue weighted by molar-refractivity contribution is 5.29. The molecule has 1 atom stereocenters. The van der Waals surface area contributed by atoms with E-state index in [9.17, 15) is 0 Å². The van der Waals surface area contributed by atoms with Gasteiger partial charge in [-0.25, -0.2) is 0 Å². The van der Waals surface area contributed by atoms with Gasteiger partial charge < -0.3 is 14.8 Å². The van der Waals surface area contributed by atoms with E-state index in [0.29, 0.717) is 6.04 Å². The molecule has 1 aromatic rings. The molecule has 0 amide bonds. The lowest BCUT2D eigenvalue weighted by molar-refractivity contribution is 0.141. The molecule has 1 unspecified atom stereocenters. The molecule has 0 heterocycles. The third kappa shape index (κ3) is 6.08. The number of methoxy groups -OCH3 is 1. The van der Waals surface area contributed by atoms with Crippen LogP contribution in [0.3, 0.4) is 0 Å². The number of ether oxygens (including phenoxy) is 2. The molecule has 0 saturated carbocycles. The molecule has 1 N–H and O–H groups in total. The fourth-order valence-corrected chi connectivity index (χ4v) is 2.08. The van der Waals surface area contributed by atoms with Gasteiger partial charge in [0.05, 0.1) is 7.11 Å². The zero-order valence-electron chi connectivity index (χ0n) is 12.4. The molecule has 0 aliphatic heterocycles.